The van der Waals surface area contributed by atoms with Gasteiger partial charge in [-0.25, -0.2) is 9.97 Å². The molecule has 0 aliphatic carbocycles. The van der Waals surface area contributed by atoms with Gasteiger partial charge in [-0.2, -0.15) is 8.78 Å². The molecule has 2 nitrogen and oxygen atoms in total. The van der Waals surface area contributed by atoms with Crippen LogP contribution in [-0.2, 0) is 0 Å². The zero-order valence-corrected chi connectivity index (χ0v) is 11.4. The van der Waals surface area contributed by atoms with Crippen LogP contribution in [0.2, 0.25) is 10.0 Å². The van der Waals surface area contributed by atoms with Gasteiger partial charge in [0.25, 0.3) is 0 Å². The van der Waals surface area contributed by atoms with Crippen molar-refractivity contribution in [3.63, 3.8) is 0 Å². The molecule has 0 saturated carbocycles. The summed E-state index contributed by atoms with van der Waals surface area (Å²) in [6.07, 6.45) is 1.28. The summed E-state index contributed by atoms with van der Waals surface area (Å²) in [6, 6.07) is 7.44. The molecule has 1 aromatic carbocycles. The highest BCUT2D eigenvalue weighted by Crippen LogP contribution is 2.36. The predicted octanol–water partition coefficient (Wildman–Crippen LogP) is 4.88. The summed E-state index contributed by atoms with van der Waals surface area (Å²) in [5.41, 5.74) is 0.690. The molecule has 0 aliphatic heterocycles. The third-order valence-electron chi connectivity index (χ3n) is 2.85. The molecule has 0 unspecified atom stereocenters. The summed E-state index contributed by atoms with van der Waals surface area (Å²) < 4.78 is 27.1. The van der Waals surface area contributed by atoms with E-state index in [0.717, 1.165) is 6.07 Å². The second kappa shape index (κ2) is 4.96. The van der Waals surface area contributed by atoms with E-state index in [1.54, 1.807) is 18.2 Å². The number of hydrogen-bond donors (Lipinski definition) is 0. The van der Waals surface area contributed by atoms with Gasteiger partial charge in [0, 0.05) is 28.8 Å². The van der Waals surface area contributed by atoms with E-state index in [2.05, 4.69) is 9.97 Å². The molecule has 0 bridgehead atoms. The van der Waals surface area contributed by atoms with Gasteiger partial charge in [0.1, 0.15) is 0 Å². The fourth-order valence-electron chi connectivity index (χ4n) is 1.95. The Bertz CT molecular complexity index is 801. The maximum Gasteiger partial charge on any atom is 0.221 e. The van der Waals surface area contributed by atoms with Crippen LogP contribution in [0, 0.1) is 11.9 Å². The topological polar surface area (TPSA) is 25.8 Å². The number of benzene rings is 1. The number of hydrogen-bond acceptors (Lipinski definition) is 2. The van der Waals surface area contributed by atoms with Gasteiger partial charge in [0.15, 0.2) is 0 Å². The molecular formula is C14H6Cl2F2N2. The number of nitrogens with zero attached hydrogens (tertiary/aromatic N) is 2. The lowest BCUT2D eigenvalue weighted by molar-refractivity contribution is 0.581. The van der Waals surface area contributed by atoms with Crippen molar-refractivity contribution in [2.24, 2.45) is 0 Å². The lowest BCUT2D eigenvalue weighted by atomic mass is 10.1. The van der Waals surface area contributed by atoms with Crippen molar-refractivity contribution in [3.05, 3.63) is 58.5 Å². The zero-order valence-electron chi connectivity index (χ0n) is 9.87. The summed E-state index contributed by atoms with van der Waals surface area (Å²) in [4.78, 5) is 7.25. The Hall–Kier alpha value is -1.78. The summed E-state index contributed by atoms with van der Waals surface area (Å²) >= 11 is 12.1. The molecule has 0 N–H and O–H groups in total. The third kappa shape index (κ3) is 2.21. The van der Waals surface area contributed by atoms with E-state index in [1.165, 1.54) is 12.3 Å². The molecule has 20 heavy (non-hydrogen) atoms. The maximum absolute atomic E-state index is 14.1. The average molecular weight is 311 g/mol. The molecule has 0 amide bonds. The molecule has 0 saturated heterocycles. The van der Waals surface area contributed by atoms with E-state index in [-0.39, 0.29) is 11.1 Å². The molecule has 3 rings (SSSR count). The Morgan fingerprint density at radius 3 is 2.40 bits per heavy atom. The highest BCUT2D eigenvalue weighted by molar-refractivity contribution is 6.39. The number of fused-ring (bicyclic) bond motifs is 1. The summed E-state index contributed by atoms with van der Waals surface area (Å²) in [5.74, 6) is -1.48. The fourth-order valence-corrected chi connectivity index (χ4v) is 2.55. The van der Waals surface area contributed by atoms with Crippen LogP contribution in [0.3, 0.4) is 0 Å². The van der Waals surface area contributed by atoms with Crippen LogP contribution >= 0.6 is 23.2 Å². The molecule has 0 fully saturated rings. The van der Waals surface area contributed by atoms with Crippen molar-refractivity contribution in [3.8, 4) is 11.1 Å². The Kier molecular flexibility index (Phi) is 3.28. The van der Waals surface area contributed by atoms with E-state index in [9.17, 15) is 8.78 Å². The molecule has 0 radical (unpaired) electrons. The van der Waals surface area contributed by atoms with E-state index >= 15 is 0 Å². The van der Waals surface area contributed by atoms with Crippen LogP contribution in [0.25, 0.3) is 22.0 Å². The first-order chi connectivity index (χ1) is 9.56. The SMILES string of the molecule is Fc1cc2nc(F)c(-c3c(Cl)cccc3Cl)cc2cn1. The second-order valence-corrected chi connectivity index (χ2v) is 4.94. The van der Waals surface area contributed by atoms with Gasteiger partial charge in [-0.1, -0.05) is 29.3 Å². The molecule has 3 aromatic rings. The van der Waals surface area contributed by atoms with Crippen LogP contribution in [0.1, 0.15) is 0 Å². The first kappa shape index (κ1) is 13.2. The first-order valence-electron chi connectivity index (χ1n) is 5.62. The van der Waals surface area contributed by atoms with Gasteiger partial charge in [-0.15, -0.1) is 0 Å². The second-order valence-electron chi connectivity index (χ2n) is 4.12. The van der Waals surface area contributed by atoms with E-state index in [1.807, 2.05) is 0 Å². The average Bonchev–Trinajstić information content (AvgIpc) is 2.39. The van der Waals surface area contributed by atoms with Gasteiger partial charge in [0.2, 0.25) is 11.9 Å². The minimum absolute atomic E-state index is 0.154. The molecular weight excluding hydrogens is 305 g/mol. The standard InChI is InChI=1S/C14H6Cl2F2N2/c15-9-2-1-3-10(16)13(9)8-4-7-6-19-12(17)5-11(7)20-14(8)18/h1-6H. The highest BCUT2D eigenvalue weighted by atomic mass is 35.5. The Morgan fingerprint density at radius 2 is 1.70 bits per heavy atom. The summed E-state index contributed by atoms with van der Waals surface area (Å²) in [5, 5.41) is 1.12. The minimum Gasteiger partial charge on any atom is -0.228 e. The summed E-state index contributed by atoms with van der Waals surface area (Å²) in [7, 11) is 0. The van der Waals surface area contributed by atoms with Gasteiger partial charge < -0.3 is 0 Å². The normalized spacial score (nSPS) is 11.0. The van der Waals surface area contributed by atoms with E-state index < -0.39 is 11.9 Å². The molecule has 0 atom stereocenters. The van der Waals surface area contributed by atoms with Crippen molar-refractivity contribution >= 4 is 34.1 Å². The third-order valence-corrected chi connectivity index (χ3v) is 3.48. The predicted molar refractivity (Wildman–Crippen MR) is 74.9 cm³/mol. The Balaban J connectivity index is 2.32. The van der Waals surface area contributed by atoms with Crippen molar-refractivity contribution in [2.75, 3.05) is 0 Å². The molecule has 6 heteroatoms. The number of aromatic nitrogens is 2. The molecule has 2 heterocycles. The lowest BCUT2D eigenvalue weighted by Gasteiger charge is -2.09. The molecule has 0 aliphatic rings. The van der Waals surface area contributed by atoms with Crippen LogP contribution in [0.4, 0.5) is 8.78 Å². The Labute approximate surface area is 123 Å². The maximum atomic E-state index is 14.1. The van der Waals surface area contributed by atoms with Crippen LogP contribution < -0.4 is 0 Å². The van der Waals surface area contributed by atoms with Crippen molar-refractivity contribution < 1.29 is 8.78 Å². The monoisotopic (exact) mass is 310 g/mol. The fraction of sp³-hybridized carbons (Fsp3) is 0. The molecule has 0 spiro atoms. The van der Waals surface area contributed by atoms with Crippen molar-refractivity contribution in [1.82, 2.24) is 9.97 Å². The van der Waals surface area contributed by atoms with Crippen molar-refractivity contribution in [1.29, 1.82) is 0 Å². The highest BCUT2D eigenvalue weighted by Gasteiger charge is 2.15. The van der Waals surface area contributed by atoms with Gasteiger partial charge in [-0.3, -0.25) is 0 Å². The first-order valence-corrected chi connectivity index (χ1v) is 6.38. The van der Waals surface area contributed by atoms with Gasteiger partial charge in [-0.05, 0) is 18.2 Å². The summed E-state index contributed by atoms with van der Waals surface area (Å²) in [6.45, 7) is 0. The van der Waals surface area contributed by atoms with Crippen LogP contribution in [-0.4, -0.2) is 9.97 Å². The van der Waals surface area contributed by atoms with E-state index in [4.69, 9.17) is 23.2 Å². The lowest BCUT2D eigenvalue weighted by Crippen LogP contribution is -1.94. The van der Waals surface area contributed by atoms with Crippen LogP contribution in [0.5, 0.6) is 0 Å². The Morgan fingerprint density at radius 1 is 1.00 bits per heavy atom. The van der Waals surface area contributed by atoms with Crippen molar-refractivity contribution in [2.45, 2.75) is 0 Å². The minimum atomic E-state index is -0.766. The quantitative estimate of drug-likeness (QED) is 0.598. The van der Waals surface area contributed by atoms with Crippen LogP contribution in [0.15, 0.2) is 36.5 Å². The largest absolute Gasteiger partial charge is 0.228 e. The number of halogens is 4. The van der Waals surface area contributed by atoms with Gasteiger partial charge >= 0.3 is 0 Å². The number of rotatable bonds is 1. The zero-order chi connectivity index (χ0) is 14.3. The van der Waals surface area contributed by atoms with E-state index in [0.29, 0.717) is 21.0 Å². The molecule has 100 valence electrons. The van der Waals surface area contributed by atoms with Gasteiger partial charge in [0.05, 0.1) is 15.6 Å². The smallest absolute Gasteiger partial charge is 0.221 e. The number of pyridine rings is 2. The molecule has 2 aromatic heterocycles.